The van der Waals surface area contributed by atoms with E-state index >= 15 is 0 Å². The second-order valence-corrected chi connectivity index (χ2v) is 1.81. The largest absolute Gasteiger partial charge is 0.300 e. The Labute approximate surface area is 57.7 Å². The van der Waals surface area contributed by atoms with Gasteiger partial charge in [0.2, 0.25) is 0 Å². The van der Waals surface area contributed by atoms with Crippen LogP contribution < -0.4 is 11.3 Å². The summed E-state index contributed by atoms with van der Waals surface area (Å²) in [5, 5.41) is 0.438. The molecule has 0 bridgehead atoms. The van der Waals surface area contributed by atoms with Crippen molar-refractivity contribution >= 4 is 17.3 Å². The first kappa shape index (κ1) is 6.18. The maximum absolute atomic E-state index is 5.02. The Morgan fingerprint density at radius 1 is 1.78 bits per heavy atom. The van der Waals surface area contributed by atoms with Crippen LogP contribution in [0.3, 0.4) is 0 Å². The van der Waals surface area contributed by atoms with Crippen molar-refractivity contribution in [3.05, 3.63) is 18.7 Å². The summed E-state index contributed by atoms with van der Waals surface area (Å²) in [7, 11) is 0. The van der Waals surface area contributed by atoms with Gasteiger partial charge in [0.1, 0.15) is 6.33 Å². The monoisotopic (exact) mass is 142 g/mol. The van der Waals surface area contributed by atoms with E-state index < -0.39 is 0 Å². The first-order valence-corrected chi connectivity index (χ1v) is 2.74. The first-order valence-electron chi connectivity index (χ1n) is 2.33. The van der Waals surface area contributed by atoms with E-state index in [4.69, 9.17) is 18.1 Å². The SMILES string of the molecule is NNC(=S)n1ccnc1. The molecule has 0 aromatic carbocycles. The summed E-state index contributed by atoms with van der Waals surface area (Å²) in [4.78, 5) is 3.77. The highest BCUT2D eigenvalue weighted by atomic mass is 32.1. The summed E-state index contributed by atoms with van der Waals surface area (Å²) in [6.45, 7) is 0. The van der Waals surface area contributed by atoms with Crippen LogP contribution in [-0.4, -0.2) is 14.7 Å². The fraction of sp³-hybridized carbons (Fsp3) is 0. The molecule has 0 aliphatic carbocycles. The fourth-order valence-corrected chi connectivity index (χ4v) is 0.562. The van der Waals surface area contributed by atoms with Crippen molar-refractivity contribution in [2.45, 2.75) is 0 Å². The second kappa shape index (κ2) is 2.56. The van der Waals surface area contributed by atoms with Crippen molar-refractivity contribution in [3.63, 3.8) is 0 Å². The lowest BCUT2D eigenvalue weighted by Crippen LogP contribution is -2.33. The van der Waals surface area contributed by atoms with Crippen LogP contribution in [0.25, 0.3) is 0 Å². The Morgan fingerprint density at radius 3 is 3.00 bits per heavy atom. The Bertz CT molecular complexity index is 192. The molecule has 0 amide bonds. The number of thiocarbonyl (C=S) groups is 1. The van der Waals surface area contributed by atoms with E-state index in [2.05, 4.69) is 10.4 Å². The van der Waals surface area contributed by atoms with Gasteiger partial charge in [0, 0.05) is 12.4 Å². The molecule has 1 aromatic rings. The van der Waals surface area contributed by atoms with Crippen molar-refractivity contribution < 1.29 is 0 Å². The molecule has 1 heterocycles. The number of aromatic nitrogens is 2. The van der Waals surface area contributed by atoms with Gasteiger partial charge in [0.25, 0.3) is 0 Å². The zero-order valence-electron chi connectivity index (χ0n) is 4.61. The van der Waals surface area contributed by atoms with Gasteiger partial charge in [0.05, 0.1) is 0 Å². The van der Waals surface area contributed by atoms with Crippen LogP contribution in [0.15, 0.2) is 18.7 Å². The van der Waals surface area contributed by atoms with E-state index in [0.29, 0.717) is 5.11 Å². The van der Waals surface area contributed by atoms with Crippen LogP contribution in [0.5, 0.6) is 0 Å². The molecular formula is C4H6N4S. The van der Waals surface area contributed by atoms with Crippen LogP contribution in [0, 0.1) is 0 Å². The zero-order valence-corrected chi connectivity index (χ0v) is 5.43. The summed E-state index contributed by atoms with van der Waals surface area (Å²) in [5.74, 6) is 5.02. The maximum atomic E-state index is 5.02. The number of nitrogens with two attached hydrogens (primary N) is 1. The maximum Gasteiger partial charge on any atom is 0.192 e. The van der Waals surface area contributed by atoms with Gasteiger partial charge in [-0.3, -0.25) is 4.57 Å². The van der Waals surface area contributed by atoms with E-state index in [9.17, 15) is 0 Å². The Kier molecular flexibility index (Phi) is 1.76. The minimum Gasteiger partial charge on any atom is -0.300 e. The van der Waals surface area contributed by atoms with Crippen molar-refractivity contribution in [2.24, 2.45) is 5.84 Å². The number of hydrazine groups is 1. The molecule has 0 aliphatic heterocycles. The third kappa shape index (κ3) is 1.24. The van der Waals surface area contributed by atoms with Crippen LogP contribution in [0.1, 0.15) is 0 Å². The average molecular weight is 142 g/mol. The number of hydrogen-bond acceptors (Lipinski definition) is 3. The number of nitrogens with one attached hydrogen (secondary N) is 1. The molecule has 0 saturated carbocycles. The smallest absolute Gasteiger partial charge is 0.192 e. The van der Waals surface area contributed by atoms with Gasteiger partial charge in [-0.2, -0.15) is 0 Å². The highest BCUT2D eigenvalue weighted by molar-refractivity contribution is 7.80. The van der Waals surface area contributed by atoms with Crippen molar-refractivity contribution in [1.82, 2.24) is 15.0 Å². The number of imidazole rings is 1. The molecule has 0 fully saturated rings. The Balaban J connectivity index is 2.77. The third-order valence-electron chi connectivity index (χ3n) is 0.862. The third-order valence-corrected chi connectivity index (χ3v) is 1.19. The van der Waals surface area contributed by atoms with E-state index in [1.807, 2.05) is 0 Å². The Hall–Kier alpha value is -0.940. The lowest BCUT2D eigenvalue weighted by Gasteiger charge is -1.99. The van der Waals surface area contributed by atoms with Gasteiger partial charge >= 0.3 is 0 Å². The molecule has 4 nitrogen and oxygen atoms in total. The van der Waals surface area contributed by atoms with Gasteiger partial charge in [-0.1, -0.05) is 0 Å². The van der Waals surface area contributed by atoms with Gasteiger partial charge < -0.3 is 5.43 Å². The second-order valence-electron chi connectivity index (χ2n) is 1.42. The molecule has 0 aliphatic rings. The van der Waals surface area contributed by atoms with Crippen molar-refractivity contribution in [1.29, 1.82) is 0 Å². The van der Waals surface area contributed by atoms with Crippen LogP contribution in [0.4, 0.5) is 0 Å². The quantitative estimate of drug-likeness (QED) is 0.291. The lowest BCUT2D eigenvalue weighted by molar-refractivity contribution is 0.965. The molecule has 0 saturated heterocycles. The van der Waals surface area contributed by atoms with Crippen LogP contribution >= 0.6 is 12.2 Å². The van der Waals surface area contributed by atoms with E-state index in [1.54, 1.807) is 23.3 Å². The highest BCUT2D eigenvalue weighted by Crippen LogP contribution is 1.82. The zero-order chi connectivity index (χ0) is 6.69. The molecule has 0 spiro atoms. The Morgan fingerprint density at radius 2 is 2.56 bits per heavy atom. The topological polar surface area (TPSA) is 55.9 Å². The molecule has 1 aromatic heterocycles. The lowest BCUT2D eigenvalue weighted by atomic mass is 10.9. The van der Waals surface area contributed by atoms with Crippen LogP contribution in [0.2, 0.25) is 0 Å². The molecule has 5 heteroatoms. The minimum atomic E-state index is 0.438. The normalized spacial score (nSPS) is 9.00. The summed E-state index contributed by atoms with van der Waals surface area (Å²) in [6, 6.07) is 0. The summed E-state index contributed by atoms with van der Waals surface area (Å²) in [5.41, 5.74) is 2.32. The van der Waals surface area contributed by atoms with E-state index in [0.717, 1.165) is 0 Å². The van der Waals surface area contributed by atoms with Gasteiger partial charge in [-0.15, -0.1) is 0 Å². The van der Waals surface area contributed by atoms with Gasteiger partial charge in [0.15, 0.2) is 5.11 Å². The van der Waals surface area contributed by atoms with Gasteiger partial charge in [-0.25, -0.2) is 10.8 Å². The van der Waals surface area contributed by atoms with E-state index in [-0.39, 0.29) is 0 Å². The first-order chi connectivity index (χ1) is 4.34. The number of nitrogens with zero attached hydrogens (tertiary/aromatic N) is 2. The summed E-state index contributed by atoms with van der Waals surface area (Å²) in [6.07, 6.45) is 4.91. The molecular weight excluding hydrogens is 136 g/mol. The predicted octanol–water partition coefficient (Wildman–Crippen LogP) is -0.521. The average Bonchev–Trinajstić information content (AvgIpc) is 2.37. The highest BCUT2D eigenvalue weighted by Gasteiger charge is 1.91. The molecule has 0 radical (unpaired) electrons. The van der Waals surface area contributed by atoms with Crippen molar-refractivity contribution in [2.75, 3.05) is 0 Å². The molecule has 3 N–H and O–H groups in total. The van der Waals surface area contributed by atoms with E-state index in [1.165, 1.54) is 0 Å². The molecule has 1 rings (SSSR count). The van der Waals surface area contributed by atoms with Gasteiger partial charge in [-0.05, 0) is 12.2 Å². The number of rotatable bonds is 0. The summed E-state index contributed by atoms with van der Waals surface area (Å²) < 4.78 is 1.61. The standard InChI is InChI=1S/C4H6N4S/c5-7-4(9)8-2-1-6-3-8/h1-3H,5H2,(H,7,9). The molecule has 0 unspecified atom stereocenters. The minimum absolute atomic E-state index is 0.438. The molecule has 9 heavy (non-hydrogen) atoms. The van der Waals surface area contributed by atoms with Crippen LogP contribution in [-0.2, 0) is 0 Å². The fourth-order valence-electron chi connectivity index (χ4n) is 0.454. The summed E-state index contributed by atoms with van der Waals surface area (Å²) >= 11 is 4.76. The molecule has 48 valence electrons. The van der Waals surface area contributed by atoms with Crippen molar-refractivity contribution in [3.8, 4) is 0 Å². The molecule has 0 atom stereocenters. The number of hydrogen-bond donors (Lipinski definition) is 2. The predicted molar refractivity (Wildman–Crippen MR) is 37.5 cm³/mol.